The predicted octanol–water partition coefficient (Wildman–Crippen LogP) is 3.34. The van der Waals surface area contributed by atoms with Crippen LogP contribution in [0.2, 0.25) is 0 Å². The molecule has 0 aliphatic heterocycles. The van der Waals surface area contributed by atoms with Gasteiger partial charge in [-0.15, -0.1) is 0 Å². The van der Waals surface area contributed by atoms with Gasteiger partial charge in [0.25, 0.3) is 5.91 Å². The topological polar surface area (TPSA) is 80.6 Å². The molecule has 2 N–H and O–H groups in total. The number of anilines is 2. The van der Waals surface area contributed by atoms with Gasteiger partial charge in [0.05, 0.1) is 24.6 Å². The Balaban J connectivity index is 2.18. The molecule has 0 saturated carbocycles. The van der Waals surface area contributed by atoms with Crippen molar-refractivity contribution < 1.29 is 23.1 Å². The lowest BCUT2D eigenvalue weighted by Crippen LogP contribution is -2.29. The van der Waals surface area contributed by atoms with Gasteiger partial charge in [0.2, 0.25) is 0 Å². The fraction of sp³-hybridized carbons (Fsp3) is 0.294. The summed E-state index contributed by atoms with van der Waals surface area (Å²) in [6.07, 6.45) is 1.89. The van der Waals surface area contributed by atoms with E-state index in [1.807, 2.05) is 6.92 Å². The maximum absolute atomic E-state index is 14.0. The highest BCUT2D eigenvalue weighted by atomic mass is 19.1. The van der Waals surface area contributed by atoms with Crippen molar-refractivity contribution in [2.75, 3.05) is 17.7 Å². The first-order valence-electron chi connectivity index (χ1n) is 7.45. The van der Waals surface area contributed by atoms with Crippen LogP contribution in [0.1, 0.15) is 29.5 Å². The van der Waals surface area contributed by atoms with E-state index in [2.05, 4.69) is 10.6 Å². The molecule has 128 valence electrons. The summed E-state index contributed by atoms with van der Waals surface area (Å²) in [5, 5.41) is 5.45. The number of hydrogen-bond donors (Lipinski definition) is 2. The molecule has 0 bridgehead atoms. The molecule has 1 aromatic carbocycles. The van der Waals surface area contributed by atoms with Crippen molar-refractivity contribution in [1.29, 1.82) is 0 Å². The summed E-state index contributed by atoms with van der Waals surface area (Å²) in [5.41, 5.74) is 0.826. The van der Waals surface area contributed by atoms with Gasteiger partial charge in [0, 0.05) is 5.69 Å². The van der Waals surface area contributed by atoms with Gasteiger partial charge in [-0.1, -0.05) is 6.92 Å². The minimum atomic E-state index is -0.582. The highest BCUT2D eigenvalue weighted by Crippen LogP contribution is 2.22. The number of nitrogens with one attached hydrogen (secondary N) is 2. The third-order valence-electron chi connectivity index (χ3n) is 3.55. The van der Waals surface area contributed by atoms with E-state index in [1.54, 1.807) is 6.92 Å². The van der Waals surface area contributed by atoms with Crippen LogP contribution in [0.25, 0.3) is 0 Å². The van der Waals surface area contributed by atoms with Gasteiger partial charge in [-0.05, 0) is 37.6 Å². The molecule has 0 fully saturated rings. The van der Waals surface area contributed by atoms with Crippen molar-refractivity contribution in [3.8, 4) is 0 Å². The molecule has 1 atom stereocenters. The Hall–Kier alpha value is -2.83. The summed E-state index contributed by atoms with van der Waals surface area (Å²) in [6, 6.07) is 5.08. The normalized spacial score (nSPS) is 11.7. The molecule has 1 aromatic heterocycles. The van der Waals surface area contributed by atoms with Crippen LogP contribution in [-0.2, 0) is 9.53 Å². The van der Waals surface area contributed by atoms with Gasteiger partial charge in [-0.2, -0.15) is 0 Å². The number of halogens is 1. The van der Waals surface area contributed by atoms with E-state index < -0.39 is 23.7 Å². The second-order valence-electron chi connectivity index (χ2n) is 5.17. The van der Waals surface area contributed by atoms with E-state index >= 15 is 0 Å². The zero-order chi connectivity index (χ0) is 17.7. The van der Waals surface area contributed by atoms with Crippen LogP contribution in [-0.4, -0.2) is 25.0 Å². The van der Waals surface area contributed by atoms with Crippen molar-refractivity contribution in [1.82, 2.24) is 0 Å². The number of aryl methyl sites for hydroxylation is 1. The average molecular weight is 334 g/mol. The second kappa shape index (κ2) is 7.63. The van der Waals surface area contributed by atoms with Crippen molar-refractivity contribution in [2.45, 2.75) is 26.3 Å². The Bertz CT molecular complexity index is 742. The molecule has 0 radical (unpaired) electrons. The van der Waals surface area contributed by atoms with Crippen LogP contribution in [0.15, 0.2) is 34.9 Å². The molecule has 0 aliphatic carbocycles. The Labute approximate surface area is 139 Å². The standard InChI is InChI=1S/C17H19FN2O4/c1-4-14(17(22)23-3)19-11-5-6-13(18)15(9-11)20-16(21)12-7-8-24-10(12)2/h5-9,14,19H,4H2,1-3H3,(H,20,21). The van der Waals surface area contributed by atoms with Crippen molar-refractivity contribution in [3.63, 3.8) is 0 Å². The number of benzene rings is 1. The van der Waals surface area contributed by atoms with E-state index in [9.17, 15) is 14.0 Å². The molecule has 0 spiro atoms. The lowest BCUT2D eigenvalue weighted by molar-refractivity contribution is -0.141. The van der Waals surface area contributed by atoms with Gasteiger partial charge < -0.3 is 19.8 Å². The van der Waals surface area contributed by atoms with Gasteiger partial charge in [0.15, 0.2) is 0 Å². The number of amides is 1. The van der Waals surface area contributed by atoms with Crippen LogP contribution < -0.4 is 10.6 Å². The fourth-order valence-electron chi connectivity index (χ4n) is 2.19. The fourth-order valence-corrected chi connectivity index (χ4v) is 2.19. The predicted molar refractivity (Wildman–Crippen MR) is 87.5 cm³/mol. The summed E-state index contributed by atoms with van der Waals surface area (Å²) < 4.78 is 23.7. The maximum atomic E-state index is 14.0. The third-order valence-corrected chi connectivity index (χ3v) is 3.55. The van der Waals surface area contributed by atoms with Crippen molar-refractivity contribution >= 4 is 23.3 Å². The minimum Gasteiger partial charge on any atom is -0.469 e. The molecule has 2 aromatic rings. The van der Waals surface area contributed by atoms with Gasteiger partial charge in [-0.3, -0.25) is 4.79 Å². The molecule has 1 heterocycles. The number of methoxy groups -OCH3 is 1. The quantitative estimate of drug-likeness (QED) is 0.792. The molecular weight excluding hydrogens is 315 g/mol. The zero-order valence-electron chi connectivity index (χ0n) is 13.7. The van der Waals surface area contributed by atoms with E-state index in [0.717, 1.165) is 0 Å². The molecule has 24 heavy (non-hydrogen) atoms. The summed E-state index contributed by atoms with van der Waals surface area (Å²) in [4.78, 5) is 23.8. The summed E-state index contributed by atoms with van der Waals surface area (Å²) >= 11 is 0. The van der Waals surface area contributed by atoms with E-state index in [1.165, 1.54) is 37.6 Å². The maximum Gasteiger partial charge on any atom is 0.328 e. The average Bonchev–Trinajstić information content (AvgIpc) is 3.00. The smallest absolute Gasteiger partial charge is 0.328 e. The van der Waals surface area contributed by atoms with E-state index in [4.69, 9.17) is 9.15 Å². The summed E-state index contributed by atoms with van der Waals surface area (Å²) in [5.74, 6) is -1.03. The number of carbonyl (C=O) groups is 2. The molecular formula is C17H19FN2O4. The molecule has 1 amide bonds. The van der Waals surface area contributed by atoms with Crippen LogP contribution >= 0.6 is 0 Å². The molecule has 0 aliphatic rings. The lowest BCUT2D eigenvalue weighted by atomic mass is 10.2. The molecule has 1 unspecified atom stereocenters. The Morgan fingerprint density at radius 2 is 2.08 bits per heavy atom. The summed E-state index contributed by atoms with van der Waals surface area (Å²) in [6.45, 7) is 3.47. The second-order valence-corrected chi connectivity index (χ2v) is 5.17. The summed E-state index contributed by atoms with van der Waals surface area (Å²) in [7, 11) is 1.30. The Morgan fingerprint density at radius 3 is 2.67 bits per heavy atom. The number of esters is 1. The number of carbonyl (C=O) groups excluding carboxylic acids is 2. The lowest BCUT2D eigenvalue weighted by Gasteiger charge is -2.17. The van der Waals surface area contributed by atoms with Gasteiger partial charge in [-0.25, -0.2) is 9.18 Å². The molecule has 2 rings (SSSR count). The number of rotatable bonds is 6. The molecule has 6 nitrogen and oxygen atoms in total. The minimum absolute atomic E-state index is 0.00492. The molecule has 7 heteroatoms. The largest absolute Gasteiger partial charge is 0.469 e. The van der Waals surface area contributed by atoms with Gasteiger partial charge in [0.1, 0.15) is 17.6 Å². The number of furan rings is 1. The van der Waals surface area contributed by atoms with Crippen LogP contribution in [0.3, 0.4) is 0 Å². The first-order chi connectivity index (χ1) is 11.5. The number of ether oxygens (including phenoxy) is 1. The van der Waals surface area contributed by atoms with Crippen LogP contribution in [0, 0.1) is 12.7 Å². The zero-order valence-corrected chi connectivity index (χ0v) is 13.7. The first kappa shape index (κ1) is 17.5. The van der Waals surface area contributed by atoms with Crippen LogP contribution in [0.5, 0.6) is 0 Å². The highest BCUT2D eigenvalue weighted by Gasteiger charge is 2.18. The molecule has 0 saturated heterocycles. The third kappa shape index (κ3) is 3.92. The van der Waals surface area contributed by atoms with E-state index in [-0.39, 0.29) is 5.69 Å². The highest BCUT2D eigenvalue weighted by molar-refractivity contribution is 6.05. The Kier molecular flexibility index (Phi) is 5.57. The SMILES string of the molecule is CCC(Nc1ccc(F)c(NC(=O)c2ccoc2C)c1)C(=O)OC. The first-order valence-corrected chi connectivity index (χ1v) is 7.45. The van der Waals surface area contributed by atoms with Gasteiger partial charge >= 0.3 is 5.97 Å². The van der Waals surface area contributed by atoms with Crippen molar-refractivity contribution in [3.05, 3.63) is 47.7 Å². The van der Waals surface area contributed by atoms with Crippen LogP contribution in [0.4, 0.5) is 15.8 Å². The monoisotopic (exact) mass is 334 g/mol. The Morgan fingerprint density at radius 1 is 1.33 bits per heavy atom. The number of hydrogen-bond acceptors (Lipinski definition) is 5. The van der Waals surface area contributed by atoms with Crippen molar-refractivity contribution in [2.24, 2.45) is 0 Å². The van der Waals surface area contributed by atoms with E-state index in [0.29, 0.717) is 23.4 Å².